The minimum absolute atomic E-state index is 0.0745. The van der Waals surface area contributed by atoms with Crippen molar-refractivity contribution in [2.75, 3.05) is 26.2 Å². The molecule has 2 aliphatic carbocycles. The number of aryl methyl sites for hydroxylation is 1. The summed E-state index contributed by atoms with van der Waals surface area (Å²) < 4.78 is 27.6. The van der Waals surface area contributed by atoms with Crippen molar-refractivity contribution in [3.63, 3.8) is 0 Å². The number of carbonyl (C=O) groups excluding carboxylic acids is 1. The second-order valence-corrected chi connectivity index (χ2v) is 12.6. The molecule has 2 bridgehead atoms. The lowest BCUT2D eigenvalue weighted by molar-refractivity contribution is -0.127. The molecule has 3 aliphatic rings. The average molecular weight is 440 g/mol. The Bertz CT molecular complexity index is 845. The monoisotopic (exact) mass is 439 g/mol. The number of rotatable bonds is 6. The van der Waals surface area contributed by atoms with Gasteiger partial charge in [-0.25, -0.2) is 8.42 Å². The van der Waals surface area contributed by atoms with E-state index in [2.05, 4.69) is 17.1 Å². The van der Waals surface area contributed by atoms with Gasteiger partial charge in [0.25, 0.3) is 10.0 Å². The normalized spacial score (nSPS) is 30.4. The third-order valence-electron chi connectivity index (χ3n) is 7.32. The van der Waals surface area contributed by atoms with Crippen molar-refractivity contribution in [3.05, 3.63) is 17.0 Å². The molecule has 1 saturated heterocycles. The van der Waals surface area contributed by atoms with Crippen LogP contribution < -0.4 is 5.32 Å². The SMILES string of the molecule is Cc1ccc(S(=O)(=O)N2CCN([C@H](C)C(=O)N[C@@H](C)[C@@H]3C[C@H]4CC[C@H]3C4)CC2)s1. The molecule has 2 saturated carbocycles. The molecule has 1 aliphatic heterocycles. The van der Waals surface area contributed by atoms with E-state index in [0.717, 1.165) is 16.7 Å². The molecule has 3 fully saturated rings. The summed E-state index contributed by atoms with van der Waals surface area (Å²) in [5, 5.41) is 3.26. The highest BCUT2D eigenvalue weighted by Crippen LogP contribution is 2.49. The van der Waals surface area contributed by atoms with Crippen molar-refractivity contribution in [3.8, 4) is 0 Å². The van der Waals surface area contributed by atoms with E-state index in [1.165, 1.54) is 37.0 Å². The maximum Gasteiger partial charge on any atom is 0.252 e. The fraction of sp³-hybridized carbons (Fsp3) is 0.762. The number of sulfonamides is 1. The van der Waals surface area contributed by atoms with Crippen LogP contribution in [-0.2, 0) is 14.8 Å². The van der Waals surface area contributed by atoms with Crippen LogP contribution in [0.25, 0.3) is 0 Å². The number of piperazine rings is 1. The average Bonchev–Trinajstić information content (AvgIpc) is 3.44. The zero-order valence-corrected chi connectivity index (χ0v) is 19.3. The van der Waals surface area contributed by atoms with Crippen LogP contribution in [0.4, 0.5) is 0 Å². The summed E-state index contributed by atoms with van der Waals surface area (Å²) in [7, 11) is -3.42. The summed E-state index contributed by atoms with van der Waals surface area (Å²) >= 11 is 1.32. The Labute approximate surface area is 178 Å². The second kappa shape index (κ2) is 8.29. The van der Waals surface area contributed by atoms with Gasteiger partial charge in [-0.3, -0.25) is 9.69 Å². The molecule has 0 radical (unpaired) electrons. The maximum absolute atomic E-state index is 12.8. The molecule has 0 unspecified atom stereocenters. The first kappa shape index (κ1) is 21.3. The molecule has 1 N–H and O–H groups in total. The molecule has 1 amide bonds. The molecule has 1 aromatic heterocycles. The Hall–Kier alpha value is -0.960. The lowest BCUT2D eigenvalue weighted by Gasteiger charge is -2.37. The third-order valence-corrected chi connectivity index (χ3v) is 10.7. The quantitative estimate of drug-likeness (QED) is 0.740. The first-order chi connectivity index (χ1) is 13.8. The molecule has 5 atom stereocenters. The largest absolute Gasteiger partial charge is 0.352 e. The van der Waals surface area contributed by atoms with Crippen molar-refractivity contribution in [2.24, 2.45) is 17.8 Å². The molecule has 2 heterocycles. The van der Waals surface area contributed by atoms with Gasteiger partial charge in [-0.1, -0.05) is 6.42 Å². The Balaban J connectivity index is 1.29. The van der Waals surface area contributed by atoms with E-state index in [-0.39, 0.29) is 18.0 Å². The lowest BCUT2D eigenvalue weighted by atomic mass is 9.84. The van der Waals surface area contributed by atoms with E-state index in [1.54, 1.807) is 10.4 Å². The van der Waals surface area contributed by atoms with Crippen molar-refractivity contribution in [1.82, 2.24) is 14.5 Å². The van der Waals surface area contributed by atoms with Gasteiger partial charge < -0.3 is 5.32 Å². The van der Waals surface area contributed by atoms with Gasteiger partial charge in [-0.05, 0) is 69.9 Å². The summed E-state index contributed by atoms with van der Waals surface area (Å²) in [6, 6.07) is 3.53. The topological polar surface area (TPSA) is 69.7 Å². The van der Waals surface area contributed by atoms with E-state index in [1.807, 2.05) is 19.9 Å². The van der Waals surface area contributed by atoms with Gasteiger partial charge >= 0.3 is 0 Å². The molecule has 4 rings (SSSR count). The van der Waals surface area contributed by atoms with Gasteiger partial charge in [0.05, 0.1) is 6.04 Å². The van der Waals surface area contributed by atoms with Crippen LogP contribution in [-0.4, -0.2) is 61.8 Å². The second-order valence-electron chi connectivity index (χ2n) is 9.12. The predicted molar refractivity (Wildman–Crippen MR) is 115 cm³/mol. The Morgan fingerprint density at radius 2 is 1.86 bits per heavy atom. The zero-order chi connectivity index (χ0) is 20.8. The Kier molecular flexibility index (Phi) is 6.08. The number of carbonyl (C=O) groups is 1. The Morgan fingerprint density at radius 3 is 2.41 bits per heavy atom. The highest BCUT2D eigenvalue weighted by Gasteiger charge is 2.42. The van der Waals surface area contributed by atoms with Crippen LogP contribution in [0, 0.1) is 24.7 Å². The van der Waals surface area contributed by atoms with Gasteiger partial charge in [-0.2, -0.15) is 4.31 Å². The van der Waals surface area contributed by atoms with Crippen LogP contribution in [0.15, 0.2) is 16.3 Å². The molecular formula is C21H33N3O3S2. The first-order valence-corrected chi connectivity index (χ1v) is 13.1. The van der Waals surface area contributed by atoms with Crippen molar-refractivity contribution in [2.45, 2.75) is 62.7 Å². The molecular weight excluding hydrogens is 406 g/mol. The molecule has 8 heteroatoms. The van der Waals surface area contributed by atoms with Gasteiger partial charge in [0.15, 0.2) is 0 Å². The summed E-state index contributed by atoms with van der Waals surface area (Å²) in [5.74, 6) is 2.37. The van der Waals surface area contributed by atoms with Crippen molar-refractivity contribution >= 4 is 27.3 Å². The van der Waals surface area contributed by atoms with Crippen LogP contribution in [0.2, 0.25) is 0 Å². The van der Waals surface area contributed by atoms with Crippen LogP contribution in [0.5, 0.6) is 0 Å². The number of nitrogens with zero attached hydrogens (tertiary/aromatic N) is 2. The third kappa shape index (κ3) is 4.27. The van der Waals surface area contributed by atoms with Gasteiger partial charge in [0.1, 0.15) is 4.21 Å². The number of hydrogen-bond donors (Lipinski definition) is 1. The molecule has 162 valence electrons. The van der Waals surface area contributed by atoms with Crippen LogP contribution >= 0.6 is 11.3 Å². The van der Waals surface area contributed by atoms with E-state index in [0.29, 0.717) is 36.3 Å². The highest BCUT2D eigenvalue weighted by molar-refractivity contribution is 7.91. The van der Waals surface area contributed by atoms with Gasteiger partial charge in [0.2, 0.25) is 5.91 Å². The van der Waals surface area contributed by atoms with Gasteiger partial charge in [-0.15, -0.1) is 11.3 Å². The molecule has 0 aromatic carbocycles. The minimum Gasteiger partial charge on any atom is -0.352 e. The minimum atomic E-state index is -3.42. The first-order valence-electron chi connectivity index (χ1n) is 10.9. The number of amides is 1. The van der Waals surface area contributed by atoms with Gasteiger partial charge in [0, 0.05) is 37.1 Å². The standard InChI is InChI=1S/C21H33N3O3S2/c1-14-4-7-20(28-14)29(26,27)24-10-8-23(9-11-24)16(3)21(25)22-15(2)19-13-17-5-6-18(19)12-17/h4,7,15-19H,5-6,8-13H2,1-3H3,(H,22,25)/t15-,16+,17-,18-,19-/m0/s1. The molecule has 29 heavy (non-hydrogen) atoms. The lowest BCUT2D eigenvalue weighted by Crippen LogP contribution is -2.56. The molecule has 6 nitrogen and oxygen atoms in total. The molecule has 0 spiro atoms. The Morgan fingerprint density at radius 1 is 1.14 bits per heavy atom. The van der Waals surface area contributed by atoms with E-state index < -0.39 is 10.0 Å². The van der Waals surface area contributed by atoms with Crippen LogP contribution in [0.1, 0.15) is 44.4 Å². The molecule has 1 aromatic rings. The van der Waals surface area contributed by atoms with Crippen LogP contribution in [0.3, 0.4) is 0 Å². The number of nitrogens with one attached hydrogen (secondary N) is 1. The summed E-state index contributed by atoms with van der Waals surface area (Å²) in [6.45, 7) is 8.04. The van der Waals surface area contributed by atoms with Crippen molar-refractivity contribution in [1.29, 1.82) is 0 Å². The van der Waals surface area contributed by atoms with Crippen molar-refractivity contribution < 1.29 is 13.2 Å². The fourth-order valence-corrected chi connectivity index (χ4v) is 8.39. The van der Waals surface area contributed by atoms with E-state index in [4.69, 9.17) is 0 Å². The maximum atomic E-state index is 12.8. The number of hydrogen-bond acceptors (Lipinski definition) is 5. The summed E-state index contributed by atoms with van der Waals surface area (Å²) in [4.78, 5) is 15.9. The summed E-state index contributed by atoms with van der Waals surface area (Å²) in [5.41, 5.74) is 0. The van der Waals surface area contributed by atoms with E-state index >= 15 is 0 Å². The fourth-order valence-electron chi connectivity index (χ4n) is 5.53. The smallest absolute Gasteiger partial charge is 0.252 e. The van der Waals surface area contributed by atoms with E-state index in [9.17, 15) is 13.2 Å². The zero-order valence-electron chi connectivity index (χ0n) is 17.6. The summed E-state index contributed by atoms with van der Waals surface area (Å²) in [6.07, 6.45) is 5.31. The number of thiophene rings is 1. The predicted octanol–water partition coefficient (Wildman–Crippen LogP) is 2.69. The number of fused-ring (bicyclic) bond motifs is 2. The highest BCUT2D eigenvalue weighted by atomic mass is 32.2.